The summed E-state index contributed by atoms with van der Waals surface area (Å²) in [6.45, 7) is 5.54. The molecule has 1 saturated heterocycles. The van der Waals surface area contributed by atoms with E-state index in [0.29, 0.717) is 36.5 Å². The Morgan fingerprint density at radius 3 is 2.53 bits per heavy atom. The van der Waals surface area contributed by atoms with E-state index in [1.165, 1.54) is 30.7 Å². The van der Waals surface area contributed by atoms with Crippen molar-refractivity contribution in [3.05, 3.63) is 59.7 Å². The number of rotatable bonds is 4. The van der Waals surface area contributed by atoms with Crippen molar-refractivity contribution in [2.75, 3.05) is 29.4 Å². The molecule has 8 heteroatoms. The number of halogens is 2. The van der Waals surface area contributed by atoms with E-state index in [2.05, 4.69) is 22.0 Å². The molecule has 166 valence electrons. The van der Waals surface area contributed by atoms with Crippen molar-refractivity contribution in [2.45, 2.75) is 32.7 Å². The minimum atomic E-state index is -0.839. The quantitative estimate of drug-likeness (QED) is 0.616. The van der Waals surface area contributed by atoms with Crippen LogP contribution in [-0.2, 0) is 13.0 Å². The fourth-order valence-corrected chi connectivity index (χ4v) is 5.83. The molecule has 3 atom stereocenters. The number of piperidine rings is 1. The number of hydrogen-bond donors (Lipinski definition) is 0. The molecule has 0 radical (unpaired) electrons. The van der Waals surface area contributed by atoms with Crippen molar-refractivity contribution < 1.29 is 8.78 Å². The Labute approximate surface area is 185 Å². The molecule has 2 fully saturated rings. The molecule has 0 spiro atoms. The minimum absolute atomic E-state index is 0.592. The fourth-order valence-electron chi connectivity index (χ4n) is 5.83. The highest BCUT2D eigenvalue weighted by atomic mass is 19.2. The third-order valence-electron chi connectivity index (χ3n) is 7.38. The van der Waals surface area contributed by atoms with Gasteiger partial charge in [0.1, 0.15) is 0 Å². The van der Waals surface area contributed by atoms with Crippen LogP contribution in [0.25, 0.3) is 0 Å². The molecule has 6 rings (SSSR count). The molecular weight excluding hydrogens is 410 g/mol. The first kappa shape index (κ1) is 19.6. The number of nitrogens with zero attached hydrogens (tertiary/aromatic N) is 6. The van der Waals surface area contributed by atoms with Gasteiger partial charge >= 0.3 is 0 Å². The molecular formula is C24H26F2N6. The average Bonchev–Trinajstić information content (AvgIpc) is 3.41. The van der Waals surface area contributed by atoms with Crippen LogP contribution in [0, 0.1) is 36.3 Å². The highest BCUT2D eigenvalue weighted by Gasteiger charge is 2.42. The minimum Gasteiger partial charge on any atom is -0.371 e. The van der Waals surface area contributed by atoms with Crippen LogP contribution in [0.2, 0.25) is 0 Å². The maximum atomic E-state index is 13.7. The van der Waals surface area contributed by atoms with E-state index in [0.717, 1.165) is 37.0 Å². The number of benzene rings is 1. The number of fused-ring (bicyclic) bond motifs is 3. The summed E-state index contributed by atoms with van der Waals surface area (Å²) in [7, 11) is 0. The molecule has 1 saturated carbocycles. The largest absolute Gasteiger partial charge is 0.371 e. The summed E-state index contributed by atoms with van der Waals surface area (Å²) in [6, 6.07) is 8.28. The van der Waals surface area contributed by atoms with Gasteiger partial charge in [0, 0.05) is 55.4 Å². The lowest BCUT2D eigenvalue weighted by molar-refractivity contribution is 0.265. The molecule has 1 unspecified atom stereocenters. The summed E-state index contributed by atoms with van der Waals surface area (Å²) in [5.41, 5.74) is 2.94. The van der Waals surface area contributed by atoms with Gasteiger partial charge in [-0.05, 0) is 61.8 Å². The van der Waals surface area contributed by atoms with Gasteiger partial charge in [-0.2, -0.15) is 10.1 Å². The monoisotopic (exact) mass is 436 g/mol. The van der Waals surface area contributed by atoms with Gasteiger partial charge in [-0.25, -0.2) is 13.5 Å². The van der Waals surface area contributed by atoms with Crippen LogP contribution >= 0.6 is 0 Å². The molecule has 3 aromatic rings. The van der Waals surface area contributed by atoms with Gasteiger partial charge in [0.25, 0.3) is 0 Å². The summed E-state index contributed by atoms with van der Waals surface area (Å²) in [5, 5.41) is 4.76. The Morgan fingerprint density at radius 2 is 1.78 bits per heavy atom. The van der Waals surface area contributed by atoms with Gasteiger partial charge in [-0.3, -0.25) is 4.98 Å². The number of hydrogen-bond acceptors (Lipinski definition) is 5. The number of aromatic nitrogens is 4. The zero-order valence-electron chi connectivity index (χ0n) is 18.1. The van der Waals surface area contributed by atoms with Crippen molar-refractivity contribution in [1.82, 2.24) is 19.7 Å². The molecule has 0 N–H and O–H groups in total. The van der Waals surface area contributed by atoms with Gasteiger partial charge in [-0.15, -0.1) is 0 Å². The molecule has 0 amide bonds. The molecule has 4 heterocycles. The SMILES string of the molecule is Cc1cc(N2C[C@H]3CC[C@@H](C2)C3Cc2nc3n(n2)CCN3c2ccc(F)c(F)c2)ccn1. The molecule has 32 heavy (non-hydrogen) atoms. The second kappa shape index (κ2) is 7.53. The number of pyridine rings is 1. The lowest BCUT2D eigenvalue weighted by Gasteiger charge is -2.39. The van der Waals surface area contributed by atoms with Crippen molar-refractivity contribution in [2.24, 2.45) is 17.8 Å². The van der Waals surface area contributed by atoms with E-state index < -0.39 is 11.6 Å². The van der Waals surface area contributed by atoms with Crippen LogP contribution < -0.4 is 9.80 Å². The molecule has 2 bridgehead atoms. The highest BCUT2D eigenvalue weighted by Crippen LogP contribution is 2.44. The van der Waals surface area contributed by atoms with Gasteiger partial charge in [-0.1, -0.05) is 0 Å². The third kappa shape index (κ3) is 3.32. The van der Waals surface area contributed by atoms with Crippen LogP contribution in [-0.4, -0.2) is 39.4 Å². The highest BCUT2D eigenvalue weighted by molar-refractivity contribution is 5.59. The normalized spacial score (nSPS) is 24.3. The first-order valence-corrected chi connectivity index (χ1v) is 11.4. The average molecular weight is 437 g/mol. The zero-order valence-corrected chi connectivity index (χ0v) is 18.1. The van der Waals surface area contributed by atoms with Crippen molar-refractivity contribution >= 4 is 17.3 Å². The van der Waals surface area contributed by atoms with E-state index in [9.17, 15) is 8.78 Å². The van der Waals surface area contributed by atoms with Crippen molar-refractivity contribution in [3.63, 3.8) is 0 Å². The van der Waals surface area contributed by atoms with Crippen molar-refractivity contribution in [1.29, 1.82) is 0 Å². The molecule has 2 aromatic heterocycles. The Hall–Kier alpha value is -3.03. The smallest absolute Gasteiger partial charge is 0.228 e. The van der Waals surface area contributed by atoms with Crippen LogP contribution in [0.1, 0.15) is 24.4 Å². The first-order valence-electron chi connectivity index (χ1n) is 11.4. The van der Waals surface area contributed by atoms with Crippen LogP contribution in [0.4, 0.5) is 26.1 Å². The summed E-state index contributed by atoms with van der Waals surface area (Å²) in [5.74, 6) is 1.79. The Balaban J connectivity index is 1.18. The Bertz CT molecular complexity index is 1150. The van der Waals surface area contributed by atoms with E-state index in [1.807, 2.05) is 22.7 Å². The molecule has 1 aromatic carbocycles. The molecule has 1 aliphatic carbocycles. The fraction of sp³-hybridized carbons (Fsp3) is 0.458. The maximum Gasteiger partial charge on any atom is 0.228 e. The standard InChI is InChI=1S/C24H26F2N6/c1-15-10-18(6-7-27-15)30-13-16-2-3-17(14-30)20(16)12-23-28-24-31(8-9-32(24)29-23)19-4-5-21(25)22(26)11-19/h4-7,10-11,16-17,20H,2-3,8-9,12-14H2,1H3/t16-,17+,20?. The third-order valence-corrected chi connectivity index (χ3v) is 7.38. The van der Waals surface area contributed by atoms with Gasteiger partial charge in [0.15, 0.2) is 17.5 Å². The predicted octanol–water partition coefficient (Wildman–Crippen LogP) is 4.12. The van der Waals surface area contributed by atoms with E-state index >= 15 is 0 Å². The first-order chi connectivity index (χ1) is 15.5. The summed E-state index contributed by atoms with van der Waals surface area (Å²) in [4.78, 5) is 13.6. The molecule has 6 nitrogen and oxygen atoms in total. The summed E-state index contributed by atoms with van der Waals surface area (Å²) < 4.78 is 29.0. The summed E-state index contributed by atoms with van der Waals surface area (Å²) in [6.07, 6.45) is 5.28. The number of aryl methyl sites for hydroxylation is 1. The van der Waals surface area contributed by atoms with E-state index in [1.54, 1.807) is 6.07 Å². The maximum absolute atomic E-state index is 13.7. The topological polar surface area (TPSA) is 50.1 Å². The lowest BCUT2D eigenvalue weighted by atomic mass is 9.82. The Morgan fingerprint density at radius 1 is 0.969 bits per heavy atom. The van der Waals surface area contributed by atoms with Crippen LogP contribution in [0.15, 0.2) is 36.5 Å². The lowest BCUT2D eigenvalue weighted by Crippen LogP contribution is -2.42. The second-order valence-electron chi connectivity index (χ2n) is 9.33. The Kier molecular flexibility index (Phi) is 4.62. The summed E-state index contributed by atoms with van der Waals surface area (Å²) >= 11 is 0. The molecule has 3 aliphatic rings. The van der Waals surface area contributed by atoms with E-state index in [4.69, 9.17) is 10.1 Å². The van der Waals surface area contributed by atoms with Crippen LogP contribution in [0.5, 0.6) is 0 Å². The second-order valence-corrected chi connectivity index (χ2v) is 9.33. The van der Waals surface area contributed by atoms with Gasteiger partial charge in [0.05, 0.1) is 6.54 Å². The molecule has 2 aliphatic heterocycles. The van der Waals surface area contributed by atoms with Gasteiger partial charge in [0.2, 0.25) is 5.95 Å². The van der Waals surface area contributed by atoms with Crippen molar-refractivity contribution in [3.8, 4) is 0 Å². The van der Waals surface area contributed by atoms with Crippen LogP contribution in [0.3, 0.4) is 0 Å². The zero-order chi connectivity index (χ0) is 21.8. The number of anilines is 3. The van der Waals surface area contributed by atoms with E-state index in [-0.39, 0.29) is 0 Å². The predicted molar refractivity (Wildman–Crippen MR) is 118 cm³/mol. The van der Waals surface area contributed by atoms with Gasteiger partial charge < -0.3 is 9.80 Å².